The van der Waals surface area contributed by atoms with Crippen molar-refractivity contribution in [3.05, 3.63) is 101 Å². The molecule has 0 bridgehead atoms. The fourth-order valence-corrected chi connectivity index (χ4v) is 3.31. The summed E-state index contributed by atoms with van der Waals surface area (Å²) in [5.74, 6) is 0.901. The zero-order valence-electron chi connectivity index (χ0n) is 14.9. The molecule has 28 heavy (non-hydrogen) atoms. The maximum absolute atomic E-state index is 12.7. The van der Waals surface area contributed by atoms with E-state index in [9.17, 15) is 4.79 Å². The third-order valence-electron chi connectivity index (χ3n) is 4.31. The number of nitrogens with one attached hydrogen (secondary N) is 1. The Hall–Kier alpha value is -3.18. The van der Waals surface area contributed by atoms with Crippen LogP contribution in [0.15, 0.2) is 93.9 Å². The molecule has 3 aromatic carbocycles. The van der Waals surface area contributed by atoms with E-state index in [-0.39, 0.29) is 5.91 Å². The van der Waals surface area contributed by atoms with Crippen molar-refractivity contribution in [1.29, 1.82) is 0 Å². The van der Waals surface area contributed by atoms with Gasteiger partial charge in [0.25, 0.3) is 5.91 Å². The van der Waals surface area contributed by atoms with Crippen molar-refractivity contribution in [3.8, 4) is 22.8 Å². The van der Waals surface area contributed by atoms with Gasteiger partial charge in [0, 0.05) is 22.1 Å². The Kier molecular flexibility index (Phi) is 5.35. The first-order valence-electron chi connectivity index (χ1n) is 8.84. The molecule has 4 nitrogen and oxygen atoms in total. The fourth-order valence-electron chi connectivity index (χ4n) is 2.91. The molecule has 0 atom stereocenters. The molecule has 4 rings (SSSR count). The second-order valence-corrected chi connectivity index (χ2v) is 7.17. The lowest BCUT2D eigenvalue weighted by Crippen LogP contribution is -2.23. The summed E-state index contributed by atoms with van der Waals surface area (Å²) in [6.45, 7) is 0.461. The Morgan fingerprint density at radius 1 is 0.964 bits per heavy atom. The monoisotopic (exact) mass is 432 g/mol. The van der Waals surface area contributed by atoms with Crippen molar-refractivity contribution < 1.29 is 9.21 Å². The van der Waals surface area contributed by atoms with Gasteiger partial charge in [-0.3, -0.25) is 4.79 Å². The molecule has 0 fully saturated rings. The van der Waals surface area contributed by atoms with Crippen LogP contribution in [0.25, 0.3) is 22.8 Å². The van der Waals surface area contributed by atoms with Gasteiger partial charge in [0.1, 0.15) is 0 Å². The molecule has 1 N–H and O–H groups in total. The second-order valence-electron chi connectivity index (χ2n) is 6.25. The van der Waals surface area contributed by atoms with Gasteiger partial charge < -0.3 is 9.73 Å². The maximum atomic E-state index is 12.7. The number of benzene rings is 3. The average Bonchev–Trinajstić information content (AvgIpc) is 3.23. The number of nitrogens with zero attached hydrogens (tertiary/aromatic N) is 1. The van der Waals surface area contributed by atoms with Crippen molar-refractivity contribution in [2.45, 2.75) is 6.54 Å². The zero-order chi connectivity index (χ0) is 19.3. The predicted octanol–water partition coefficient (Wildman–Crippen LogP) is 5.70. The molecular weight excluding hydrogens is 416 g/mol. The van der Waals surface area contributed by atoms with E-state index in [0.29, 0.717) is 29.3 Å². The highest BCUT2D eigenvalue weighted by Gasteiger charge is 2.16. The Morgan fingerprint density at radius 2 is 1.75 bits per heavy atom. The van der Waals surface area contributed by atoms with Crippen molar-refractivity contribution in [1.82, 2.24) is 10.3 Å². The van der Waals surface area contributed by atoms with Crippen molar-refractivity contribution >= 4 is 21.8 Å². The standard InChI is InChI=1S/C23H17BrN2O2/c24-18-10-6-9-17(13-18)21-15-26-23(28-21)20-12-5-4-11-19(20)22(27)25-14-16-7-2-1-3-8-16/h1-13,15H,14H2,(H,25,27). The van der Waals surface area contributed by atoms with Crippen molar-refractivity contribution in [2.24, 2.45) is 0 Å². The molecule has 5 heteroatoms. The number of hydrogen-bond donors (Lipinski definition) is 1. The smallest absolute Gasteiger partial charge is 0.252 e. The molecule has 138 valence electrons. The quantitative estimate of drug-likeness (QED) is 0.439. The molecule has 0 saturated heterocycles. The molecule has 0 unspecified atom stereocenters. The van der Waals surface area contributed by atoms with Gasteiger partial charge in [-0.05, 0) is 29.8 Å². The normalized spacial score (nSPS) is 10.6. The highest BCUT2D eigenvalue weighted by Crippen LogP contribution is 2.29. The topological polar surface area (TPSA) is 55.1 Å². The van der Waals surface area contributed by atoms with Gasteiger partial charge >= 0.3 is 0 Å². The number of amides is 1. The molecule has 0 aliphatic heterocycles. The largest absolute Gasteiger partial charge is 0.436 e. The summed E-state index contributed by atoms with van der Waals surface area (Å²) >= 11 is 3.46. The number of halogens is 1. The first-order valence-corrected chi connectivity index (χ1v) is 9.63. The van der Waals surface area contributed by atoms with Gasteiger partial charge in [-0.2, -0.15) is 0 Å². The van der Waals surface area contributed by atoms with Gasteiger partial charge in [-0.15, -0.1) is 0 Å². The van der Waals surface area contributed by atoms with Crippen molar-refractivity contribution in [3.63, 3.8) is 0 Å². The van der Waals surface area contributed by atoms with Crippen molar-refractivity contribution in [2.75, 3.05) is 0 Å². The van der Waals surface area contributed by atoms with Crippen LogP contribution in [-0.4, -0.2) is 10.9 Å². The van der Waals surface area contributed by atoms with Gasteiger partial charge in [0.2, 0.25) is 5.89 Å². The van der Waals surface area contributed by atoms with Crippen LogP contribution >= 0.6 is 15.9 Å². The number of rotatable bonds is 5. The lowest BCUT2D eigenvalue weighted by molar-refractivity contribution is 0.0951. The van der Waals surface area contributed by atoms with Crippen LogP contribution in [-0.2, 0) is 6.54 Å². The summed E-state index contributed by atoms with van der Waals surface area (Å²) in [7, 11) is 0. The summed E-state index contributed by atoms with van der Waals surface area (Å²) in [5, 5.41) is 2.96. The van der Waals surface area contributed by atoms with E-state index in [1.165, 1.54) is 0 Å². The lowest BCUT2D eigenvalue weighted by Gasteiger charge is -2.08. The minimum Gasteiger partial charge on any atom is -0.436 e. The molecule has 0 saturated carbocycles. The van der Waals surface area contributed by atoms with E-state index in [2.05, 4.69) is 26.2 Å². The van der Waals surface area contributed by atoms with Crippen LogP contribution in [0.5, 0.6) is 0 Å². The number of hydrogen-bond acceptors (Lipinski definition) is 3. The fraction of sp³-hybridized carbons (Fsp3) is 0.0435. The summed E-state index contributed by atoms with van der Waals surface area (Å²) in [6, 6.07) is 24.9. The highest BCUT2D eigenvalue weighted by atomic mass is 79.9. The molecule has 1 amide bonds. The minimum absolute atomic E-state index is 0.165. The zero-order valence-corrected chi connectivity index (χ0v) is 16.5. The molecular formula is C23H17BrN2O2. The minimum atomic E-state index is -0.165. The van der Waals surface area contributed by atoms with E-state index in [1.54, 1.807) is 12.3 Å². The summed E-state index contributed by atoms with van der Waals surface area (Å²) in [6.07, 6.45) is 1.68. The Morgan fingerprint density at radius 3 is 2.57 bits per heavy atom. The van der Waals surface area contributed by atoms with Crippen LogP contribution in [0.4, 0.5) is 0 Å². The van der Waals surface area contributed by atoms with Gasteiger partial charge in [-0.1, -0.05) is 70.5 Å². The molecule has 0 aliphatic carbocycles. The molecule has 1 aromatic heterocycles. The lowest BCUT2D eigenvalue weighted by atomic mass is 10.1. The first-order chi connectivity index (χ1) is 13.7. The van der Waals surface area contributed by atoms with Crippen LogP contribution in [0.3, 0.4) is 0 Å². The Balaban J connectivity index is 1.59. The number of carbonyl (C=O) groups excluding carboxylic acids is 1. The third-order valence-corrected chi connectivity index (χ3v) is 4.81. The molecule has 1 heterocycles. The Bertz CT molecular complexity index is 1110. The summed E-state index contributed by atoms with van der Waals surface area (Å²) in [4.78, 5) is 17.1. The first kappa shape index (κ1) is 18.2. The SMILES string of the molecule is O=C(NCc1ccccc1)c1ccccc1-c1ncc(-c2cccc(Br)c2)o1. The molecule has 0 spiro atoms. The number of oxazole rings is 1. The highest BCUT2D eigenvalue weighted by molar-refractivity contribution is 9.10. The van der Waals surface area contributed by atoms with Crippen LogP contribution in [0, 0.1) is 0 Å². The van der Waals surface area contributed by atoms with E-state index < -0.39 is 0 Å². The van der Waals surface area contributed by atoms with Crippen LogP contribution in [0.2, 0.25) is 0 Å². The van der Waals surface area contributed by atoms with Crippen LogP contribution in [0.1, 0.15) is 15.9 Å². The van der Waals surface area contributed by atoms with E-state index >= 15 is 0 Å². The average molecular weight is 433 g/mol. The second kappa shape index (κ2) is 8.23. The number of carbonyl (C=O) groups is 1. The third kappa shape index (κ3) is 4.05. The molecule has 0 radical (unpaired) electrons. The molecule has 0 aliphatic rings. The van der Waals surface area contributed by atoms with Gasteiger partial charge in [-0.25, -0.2) is 4.98 Å². The van der Waals surface area contributed by atoms with Gasteiger partial charge in [0.15, 0.2) is 5.76 Å². The Labute approximate surface area is 171 Å². The number of aromatic nitrogens is 1. The summed E-state index contributed by atoms with van der Waals surface area (Å²) < 4.78 is 6.91. The maximum Gasteiger partial charge on any atom is 0.252 e. The summed E-state index contributed by atoms with van der Waals surface area (Å²) in [5.41, 5.74) is 3.15. The van der Waals surface area contributed by atoms with E-state index in [0.717, 1.165) is 15.6 Å². The van der Waals surface area contributed by atoms with E-state index in [4.69, 9.17) is 4.42 Å². The predicted molar refractivity (Wildman–Crippen MR) is 113 cm³/mol. The van der Waals surface area contributed by atoms with Gasteiger partial charge in [0.05, 0.1) is 11.8 Å². The van der Waals surface area contributed by atoms with E-state index in [1.807, 2.05) is 72.8 Å². The van der Waals surface area contributed by atoms with Crippen LogP contribution < -0.4 is 5.32 Å². The molecule has 4 aromatic rings.